The number of fused-ring (bicyclic) bond motifs is 3. The second kappa shape index (κ2) is 18.0. The average Bonchev–Trinajstić information content (AvgIpc) is 3.84. The molecule has 2 aromatic heterocycles. The van der Waals surface area contributed by atoms with E-state index in [4.69, 9.17) is 9.97 Å². The minimum absolute atomic E-state index is 0.0901. The van der Waals surface area contributed by atoms with E-state index in [2.05, 4.69) is 68.0 Å². The highest BCUT2D eigenvalue weighted by Crippen LogP contribution is 2.53. The maximum absolute atomic E-state index is 15.3. The molecule has 15 nitrogen and oxygen atoms in total. The van der Waals surface area contributed by atoms with Crippen LogP contribution >= 0.6 is 0 Å². The Morgan fingerprint density at radius 1 is 0.803 bits per heavy atom. The van der Waals surface area contributed by atoms with Gasteiger partial charge < -0.3 is 34.4 Å². The maximum atomic E-state index is 15.3. The smallest absolute Gasteiger partial charge is 0.238 e. The van der Waals surface area contributed by atoms with Crippen LogP contribution < -0.4 is 20.4 Å². The fraction of sp³-hybridized carbons (Fsp3) is 0.589. The zero-order valence-electron chi connectivity index (χ0n) is 41.8. The van der Waals surface area contributed by atoms with E-state index in [-0.39, 0.29) is 53.5 Å². The van der Waals surface area contributed by atoms with E-state index in [0.717, 1.165) is 115 Å². The number of carbonyl (C=O) groups is 5. The number of pyridine rings is 1. The zero-order chi connectivity index (χ0) is 48.8. The zero-order valence-corrected chi connectivity index (χ0v) is 41.8. The third kappa shape index (κ3) is 8.27. The van der Waals surface area contributed by atoms with Gasteiger partial charge in [0.15, 0.2) is 5.82 Å². The molecule has 2 atom stereocenters. The number of nitrogens with zero attached hydrogens (tertiary/aromatic N) is 8. The Balaban J connectivity index is 0.723. The van der Waals surface area contributed by atoms with Crippen LogP contribution in [-0.4, -0.2) is 129 Å². The first-order valence-electron chi connectivity index (χ1n) is 27.0. The second-order valence-electron chi connectivity index (χ2n) is 23.0. The lowest BCUT2D eigenvalue weighted by atomic mass is 9.72. The van der Waals surface area contributed by atoms with Crippen molar-refractivity contribution in [1.82, 2.24) is 34.6 Å². The number of piperidine rings is 4. The van der Waals surface area contributed by atoms with Crippen molar-refractivity contribution in [2.45, 2.75) is 146 Å². The van der Waals surface area contributed by atoms with Crippen molar-refractivity contribution in [1.29, 1.82) is 0 Å². The van der Waals surface area contributed by atoms with E-state index in [1.807, 2.05) is 47.3 Å². The molecule has 8 heterocycles. The van der Waals surface area contributed by atoms with Crippen molar-refractivity contribution in [3.8, 4) is 11.3 Å². The third-order valence-electron chi connectivity index (χ3n) is 18.0. The molecule has 0 radical (unpaired) electrons. The Morgan fingerprint density at radius 2 is 1.54 bits per heavy atom. The molecule has 7 fully saturated rings. The Morgan fingerprint density at radius 3 is 2.24 bits per heavy atom. The van der Waals surface area contributed by atoms with Crippen LogP contribution in [0.5, 0.6) is 0 Å². The summed E-state index contributed by atoms with van der Waals surface area (Å²) in [5.74, 6) is 0.455. The van der Waals surface area contributed by atoms with Gasteiger partial charge in [0.1, 0.15) is 5.52 Å². The molecule has 5 saturated heterocycles. The molecule has 2 N–H and O–H groups in total. The first-order valence-corrected chi connectivity index (χ1v) is 27.0. The Labute approximate surface area is 417 Å². The van der Waals surface area contributed by atoms with Crippen LogP contribution in [0, 0.1) is 11.3 Å². The number of amides is 5. The minimum atomic E-state index is -0.698. The molecule has 0 bridgehead atoms. The molecule has 12 rings (SSSR count). The van der Waals surface area contributed by atoms with Crippen molar-refractivity contribution >= 4 is 57.8 Å². The summed E-state index contributed by atoms with van der Waals surface area (Å²) in [6.07, 6.45) is 14.1. The van der Waals surface area contributed by atoms with Gasteiger partial charge in [0.05, 0.1) is 34.3 Å². The molecule has 2 saturated carbocycles. The Kier molecular flexibility index (Phi) is 11.7. The number of hydrogen-bond acceptors (Lipinski definition) is 10. The molecular weight excluding hydrogens is 893 g/mol. The summed E-state index contributed by atoms with van der Waals surface area (Å²) in [5, 5.41) is 6.16. The highest BCUT2D eigenvalue weighted by atomic mass is 16.2. The van der Waals surface area contributed by atoms with Crippen LogP contribution in [0.15, 0.2) is 54.9 Å². The highest BCUT2D eigenvalue weighted by molar-refractivity contribution is 6.09. The maximum Gasteiger partial charge on any atom is 0.238 e. The molecule has 374 valence electrons. The standard InChI is InChI=1S/C56H70N10O5/c1-35(2)65-34-57-46-32-45(59-50(49(46)65)58-39-10-11-39)38-9-15-44-47(29-38)66(42-30-41(31-42)61-22-5-4-6-23-61)54(71)56(44)20-27-63(28-21-56)53(70)55(3)19-26-64(33-55)52(69)37-17-24-62(25-18-37)40-12-7-36(8-13-40)43-14-16-48(67)60-51(43)68/h7-9,12-13,15,29,32,34-35,37,39,41-43H,4-6,10-11,14,16-28,30-31,33H2,1-3H3,(H,58,59)(H,60,67,68)/t41?,42?,43?,55-/m1/s1. The summed E-state index contributed by atoms with van der Waals surface area (Å²) in [5.41, 5.74) is 6.47. The molecule has 6 aliphatic heterocycles. The summed E-state index contributed by atoms with van der Waals surface area (Å²) in [6.45, 7) is 12.2. The molecule has 71 heavy (non-hydrogen) atoms. The van der Waals surface area contributed by atoms with Crippen molar-refractivity contribution in [3.05, 3.63) is 66.0 Å². The molecule has 1 spiro atoms. The number of carbonyl (C=O) groups excluding carboxylic acids is 5. The fourth-order valence-electron chi connectivity index (χ4n) is 13.4. The summed E-state index contributed by atoms with van der Waals surface area (Å²) >= 11 is 0. The van der Waals surface area contributed by atoms with E-state index < -0.39 is 10.8 Å². The number of imide groups is 1. The van der Waals surface area contributed by atoms with Crippen molar-refractivity contribution < 1.29 is 24.0 Å². The van der Waals surface area contributed by atoms with Gasteiger partial charge >= 0.3 is 0 Å². The number of imidazole rings is 1. The number of nitrogens with one attached hydrogen (secondary N) is 2. The Bertz CT molecular complexity index is 2760. The first-order chi connectivity index (χ1) is 34.4. The fourth-order valence-corrected chi connectivity index (χ4v) is 13.4. The van der Waals surface area contributed by atoms with Crippen molar-refractivity contribution in [3.63, 3.8) is 0 Å². The van der Waals surface area contributed by atoms with Crippen LogP contribution in [0.3, 0.4) is 0 Å². The summed E-state index contributed by atoms with van der Waals surface area (Å²) < 4.78 is 2.20. The van der Waals surface area contributed by atoms with Crippen molar-refractivity contribution in [2.24, 2.45) is 11.3 Å². The number of likely N-dealkylation sites (tertiary alicyclic amines) is 3. The minimum Gasteiger partial charge on any atom is -0.371 e. The highest BCUT2D eigenvalue weighted by Gasteiger charge is 2.57. The summed E-state index contributed by atoms with van der Waals surface area (Å²) in [4.78, 5) is 89.2. The third-order valence-corrected chi connectivity index (χ3v) is 18.0. The summed E-state index contributed by atoms with van der Waals surface area (Å²) in [6, 6.07) is 18.0. The number of anilines is 3. The van der Waals surface area contributed by atoms with Gasteiger partial charge in [-0.05, 0) is 146 Å². The first kappa shape index (κ1) is 46.3. The van der Waals surface area contributed by atoms with E-state index in [0.29, 0.717) is 70.4 Å². The summed E-state index contributed by atoms with van der Waals surface area (Å²) in [7, 11) is 0. The molecule has 2 aliphatic carbocycles. The molecule has 4 aromatic rings. The topological polar surface area (TPSA) is 156 Å². The normalized spacial score (nSPS) is 27.2. The van der Waals surface area contributed by atoms with E-state index in [9.17, 15) is 19.2 Å². The predicted molar refractivity (Wildman–Crippen MR) is 273 cm³/mol. The van der Waals surface area contributed by atoms with E-state index >= 15 is 4.79 Å². The lowest BCUT2D eigenvalue weighted by molar-refractivity contribution is -0.145. The largest absolute Gasteiger partial charge is 0.371 e. The monoisotopic (exact) mass is 963 g/mol. The molecule has 15 heteroatoms. The second-order valence-corrected chi connectivity index (χ2v) is 23.0. The molecular formula is C56H70N10O5. The van der Waals surface area contributed by atoms with Gasteiger partial charge in [0.2, 0.25) is 29.5 Å². The van der Waals surface area contributed by atoms with Gasteiger partial charge in [-0.3, -0.25) is 29.3 Å². The van der Waals surface area contributed by atoms with E-state index in [1.165, 1.54) is 19.3 Å². The lowest BCUT2D eigenvalue weighted by Gasteiger charge is -2.48. The number of rotatable bonds is 10. The van der Waals surface area contributed by atoms with Gasteiger partial charge in [-0.15, -0.1) is 0 Å². The average molecular weight is 963 g/mol. The van der Waals surface area contributed by atoms with Gasteiger partial charge in [0.25, 0.3) is 0 Å². The van der Waals surface area contributed by atoms with E-state index in [1.54, 1.807) is 0 Å². The van der Waals surface area contributed by atoms with Gasteiger partial charge in [-0.1, -0.05) is 30.7 Å². The van der Waals surface area contributed by atoms with Crippen LogP contribution in [0.1, 0.15) is 134 Å². The van der Waals surface area contributed by atoms with Gasteiger partial charge in [-0.25, -0.2) is 9.97 Å². The number of aromatic nitrogens is 3. The number of benzene rings is 2. The SMILES string of the molecule is CC(C)n1cnc2cc(-c3ccc4c(c3)N(C3CC(N5CCCCC5)C3)C(=O)C43CCN(C(=O)[C@]4(C)CCN(C(=O)C5CCN(c6ccc(C7CCC(=O)NC7=O)cc6)CC5)C4)CC3)nc(NC3CC3)c21. The van der Waals surface area contributed by atoms with Crippen LogP contribution in [-0.2, 0) is 29.4 Å². The van der Waals surface area contributed by atoms with Gasteiger partial charge in [-0.2, -0.15) is 0 Å². The molecule has 8 aliphatic rings. The molecule has 2 aromatic carbocycles. The lowest BCUT2D eigenvalue weighted by Crippen LogP contribution is -2.59. The predicted octanol–water partition coefficient (Wildman–Crippen LogP) is 7.15. The quantitative estimate of drug-likeness (QED) is 0.157. The van der Waals surface area contributed by atoms with Crippen LogP contribution in [0.4, 0.5) is 17.2 Å². The van der Waals surface area contributed by atoms with Crippen LogP contribution in [0.25, 0.3) is 22.3 Å². The van der Waals surface area contributed by atoms with Crippen molar-refractivity contribution in [2.75, 3.05) is 67.5 Å². The molecule has 1 unspecified atom stereocenters. The molecule has 5 amide bonds. The van der Waals surface area contributed by atoms with Gasteiger partial charge in [0, 0.05) is 92.7 Å². The Hall–Kier alpha value is -5.83. The number of hydrogen-bond donors (Lipinski definition) is 2. The van der Waals surface area contributed by atoms with Crippen LogP contribution in [0.2, 0.25) is 0 Å².